The third-order valence-corrected chi connectivity index (χ3v) is 7.71. The zero-order valence-electron chi connectivity index (χ0n) is 20.4. The lowest BCUT2D eigenvalue weighted by atomic mass is 9.88. The number of Topliss-reactive ketones (excluding diaryl/α,β-unsaturated/α-hetero) is 2. The van der Waals surface area contributed by atoms with E-state index in [2.05, 4.69) is 0 Å². The van der Waals surface area contributed by atoms with Gasteiger partial charge < -0.3 is 5.73 Å². The Morgan fingerprint density at radius 2 is 1.53 bits per heavy atom. The molecule has 0 amide bonds. The average Bonchev–Trinajstić information content (AvgIpc) is 2.79. The molecule has 6 nitrogen and oxygen atoms in total. The predicted octanol–water partition coefficient (Wildman–Crippen LogP) is 3.99. The number of nitrogens with two attached hydrogens (primary N) is 1. The standard InChI is InChI=1S/C27H38N2O4S/c1-22(11-9-10-16-28)27(31)18-26(17-24-12-5-3-6-13-24)20-29(19-23(2)30)34(32,33)21-25-14-7-4-8-15-25/h3-8,12-15,22,26H,9-11,16-21,28H2,1-2H3. The molecule has 0 aliphatic rings. The molecule has 34 heavy (non-hydrogen) atoms. The summed E-state index contributed by atoms with van der Waals surface area (Å²) >= 11 is 0. The monoisotopic (exact) mass is 486 g/mol. The van der Waals surface area contributed by atoms with E-state index in [1.807, 2.05) is 43.3 Å². The minimum absolute atomic E-state index is 0.105. The van der Waals surface area contributed by atoms with E-state index >= 15 is 0 Å². The van der Waals surface area contributed by atoms with Crippen LogP contribution in [0.2, 0.25) is 0 Å². The van der Waals surface area contributed by atoms with Crippen LogP contribution in [0.15, 0.2) is 60.7 Å². The summed E-state index contributed by atoms with van der Waals surface area (Å²) in [5.41, 5.74) is 7.28. The van der Waals surface area contributed by atoms with Crippen LogP contribution in [-0.4, -0.2) is 43.9 Å². The zero-order valence-corrected chi connectivity index (χ0v) is 21.2. The number of sulfonamides is 1. The van der Waals surface area contributed by atoms with Crippen molar-refractivity contribution >= 4 is 21.6 Å². The molecule has 0 bridgehead atoms. The van der Waals surface area contributed by atoms with Gasteiger partial charge in [-0.15, -0.1) is 0 Å². The van der Waals surface area contributed by atoms with Crippen LogP contribution in [-0.2, 0) is 31.8 Å². The van der Waals surface area contributed by atoms with Crippen LogP contribution in [0.25, 0.3) is 0 Å². The summed E-state index contributed by atoms with van der Waals surface area (Å²) in [6.07, 6.45) is 3.40. The maximum Gasteiger partial charge on any atom is 0.218 e. The van der Waals surface area contributed by atoms with Crippen molar-refractivity contribution in [2.24, 2.45) is 17.6 Å². The maximum atomic E-state index is 13.3. The Kier molecular flexibility index (Phi) is 11.6. The maximum absolute atomic E-state index is 13.3. The quantitative estimate of drug-likeness (QED) is 0.362. The molecule has 0 fully saturated rings. The molecule has 0 heterocycles. The van der Waals surface area contributed by atoms with Crippen LogP contribution in [0.5, 0.6) is 0 Å². The van der Waals surface area contributed by atoms with Crippen molar-refractivity contribution in [2.75, 3.05) is 19.6 Å². The number of hydrogen-bond donors (Lipinski definition) is 1. The van der Waals surface area contributed by atoms with Crippen molar-refractivity contribution in [3.05, 3.63) is 71.8 Å². The van der Waals surface area contributed by atoms with Crippen LogP contribution in [0.1, 0.15) is 50.7 Å². The number of unbranched alkanes of at least 4 members (excludes halogenated alkanes) is 1. The fourth-order valence-corrected chi connectivity index (χ4v) is 5.69. The third-order valence-electron chi connectivity index (χ3n) is 5.94. The molecule has 0 aromatic heterocycles. The van der Waals surface area contributed by atoms with E-state index in [9.17, 15) is 18.0 Å². The lowest BCUT2D eigenvalue weighted by Crippen LogP contribution is -2.40. The van der Waals surface area contributed by atoms with Gasteiger partial charge in [0.2, 0.25) is 10.0 Å². The number of rotatable bonds is 16. The van der Waals surface area contributed by atoms with Gasteiger partial charge in [0, 0.05) is 18.9 Å². The van der Waals surface area contributed by atoms with Gasteiger partial charge in [0.25, 0.3) is 0 Å². The van der Waals surface area contributed by atoms with E-state index in [1.165, 1.54) is 11.2 Å². The summed E-state index contributed by atoms with van der Waals surface area (Å²) in [4.78, 5) is 25.0. The smallest absolute Gasteiger partial charge is 0.218 e. The van der Waals surface area contributed by atoms with Gasteiger partial charge in [-0.2, -0.15) is 4.31 Å². The Labute approximate surface area is 204 Å². The molecule has 2 unspecified atom stereocenters. The highest BCUT2D eigenvalue weighted by Crippen LogP contribution is 2.22. The number of carbonyl (C=O) groups excluding carboxylic acids is 2. The first-order chi connectivity index (χ1) is 16.2. The summed E-state index contributed by atoms with van der Waals surface area (Å²) in [7, 11) is -3.74. The minimum Gasteiger partial charge on any atom is -0.330 e. The second-order valence-corrected chi connectivity index (χ2v) is 11.1. The highest BCUT2D eigenvalue weighted by molar-refractivity contribution is 7.88. The minimum atomic E-state index is -3.74. The molecule has 186 valence electrons. The summed E-state index contributed by atoms with van der Waals surface area (Å²) in [6.45, 7) is 3.86. The summed E-state index contributed by atoms with van der Waals surface area (Å²) in [5.74, 6) is -0.607. The van der Waals surface area contributed by atoms with Crippen LogP contribution < -0.4 is 5.73 Å². The average molecular weight is 487 g/mol. The van der Waals surface area contributed by atoms with Crippen LogP contribution in [0, 0.1) is 11.8 Å². The molecule has 2 aromatic rings. The molecule has 2 aromatic carbocycles. The Balaban J connectivity index is 2.22. The highest BCUT2D eigenvalue weighted by atomic mass is 32.2. The second kappa shape index (κ2) is 14.1. The molecule has 0 aliphatic carbocycles. The first-order valence-corrected chi connectivity index (χ1v) is 13.6. The van der Waals surface area contributed by atoms with Crippen molar-refractivity contribution in [1.29, 1.82) is 0 Å². The van der Waals surface area contributed by atoms with Crippen molar-refractivity contribution in [3.63, 3.8) is 0 Å². The van der Waals surface area contributed by atoms with E-state index in [4.69, 9.17) is 5.73 Å². The van der Waals surface area contributed by atoms with Gasteiger partial charge in [-0.3, -0.25) is 9.59 Å². The lowest BCUT2D eigenvalue weighted by molar-refractivity contribution is -0.123. The van der Waals surface area contributed by atoms with Gasteiger partial charge in [-0.1, -0.05) is 74.0 Å². The van der Waals surface area contributed by atoms with Crippen LogP contribution in [0.4, 0.5) is 0 Å². The molecular formula is C27H38N2O4S. The van der Waals surface area contributed by atoms with E-state index < -0.39 is 10.0 Å². The Bertz CT molecular complexity index is 994. The third kappa shape index (κ3) is 9.87. The molecule has 2 rings (SSSR count). The number of ketones is 2. The normalized spacial score (nSPS) is 13.5. The van der Waals surface area contributed by atoms with Crippen LogP contribution in [0.3, 0.4) is 0 Å². The van der Waals surface area contributed by atoms with Gasteiger partial charge in [-0.25, -0.2) is 8.42 Å². The van der Waals surface area contributed by atoms with Gasteiger partial charge in [0.1, 0.15) is 11.6 Å². The van der Waals surface area contributed by atoms with Gasteiger partial charge >= 0.3 is 0 Å². The SMILES string of the molecule is CC(=O)CN(CC(CC(=O)C(C)CCCCN)Cc1ccccc1)S(=O)(=O)Cc1ccccc1. The van der Waals surface area contributed by atoms with Crippen molar-refractivity contribution in [1.82, 2.24) is 4.31 Å². The summed E-state index contributed by atoms with van der Waals surface area (Å²) < 4.78 is 27.9. The highest BCUT2D eigenvalue weighted by Gasteiger charge is 2.29. The van der Waals surface area contributed by atoms with Crippen molar-refractivity contribution in [2.45, 2.75) is 51.7 Å². The summed E-state index contributed by atoms with van der Waals surface area (Å²) in [6, 6.07) is 18.7. The number of nitrogens with zero attached hydrogens (tertiary/aromatic N) is 1. The summed E-state index contributed by atoms with van der Waals surface area (Å²) in [5, 5.41) is 0. The van der Waals surface area contributed by atoms with Gasteiger partial charge in [0.15, 0.2) is 0 Å². The van der Waals surface area contributed by atoms with E-state index in [-0.39, 0.29) is 48.7 Å². The van der Waals surface area contributed by atoms with Crippen LogP contribution >= 0.6 is 0 Å². The molecule has 0 aliphatic heterocycles. The number of carbonyl (C=O) groups is 2. The topological polar surface area (TPSA) is 97.5 Å². The zero-order chi connectivity index (χ0) is 25.0. The largest absolute Gasteiger partial charge is 0.330 e. The van der Waals surface area contributed by atoms with E-state index in [0.29, 0.717) is 18.5 Å². The van der Waals surface area contributed by atoms with Crippen molar-refractivity contribution < 1.29 is 18.0 Å². The lowest BCUT2D eigenvalue weighted by Gasteiger charge is -2.27. The molecule has 0 spiro atoms. The number of hydrogen-bond acceptors (Lipinski definition) is 5. The second-order valence-electron chi connectivity index (χ2n) is 9.15. The first-order valence-electron chi connectivity index (χ1n) is 12.0. The Hall–Kier alpha value is -2.35. The molecule has 7 heteroatoms. The molecule has 2 atom stereocenters. The van der Waals surface area contributed by atoms with E-state index in [0.717, 1.165) is 24.8 Å². The van der Waals surface area contributed by atoms with E-state index in [1.54, 1.807) is 24.3 Å². The predicted molar refractivity (Wildman–Crippen MR) is 137 cm³/mol. The molecule has 0 saturated carbocycles. The molecule has 2 N–H and O–H groups in total. The molecule has 0 radical (unpaired) electrons. The number of benzene rings is 2. The Morgan fingerprint density at radius 3 is 2.09 bits per heavy atom. The molecular weight excluding hydrogens is 448 g/mol. The molecule has 0 saturated heterocycles. The van der Waals surface area contributed by atoms with Gasteiger partial charge in [0.05, 0.1) is 12.3 Å². The fraction of sp³-hybridized carbons (Fsp3) is 0.481. The Morgan fingerprint density at radius 1 is 0.941 bits per heavy atom. The first kappa shape index (κ1) is 27.9. The van der Waals surface area contributed by atoms with Crippen molar-refractivity contribution in [3.8, 4) is 0 Å². The van der Waals surface area contributed by atoms with Gasteiger partial charge in [-0.05, 0) is 49.8 Å². The fourth-order valence-electron chi connectivity index (χ4n) is 4.08.